The molecule has 11 heavy (non-hydrogen) atoms. The number of hydrogen-bond acceptors (Lipinski definition) is 1. The third-order valence-corrected chi connectivity index (χ3v) is 2.94. The zero-order chi connectivity index (χ0) is 7.84. The van der Waals surface area contributed by atoms with Crippen LogP contribution in [0.15, 0.2) is 11.2 Å². The standard InChI is InChI=1S/C9H14BN/c1-11-6-5-7-3-2-4-8(10)9(7)11/h7H,2-6H2,1H3. The Kier molecular flexibility index (Phi) is 1.70. The van der Waals surface area contributed by atoms with Crippen LogP contribution in [0, 0.1) is 5.92 Å². The van der Waals surface area contributed by atoms with E-state index in [1.54, 1.807) is 0 Å². The Hall–Kier alpha value is -0.395. The molecule has 1 nitrogen and oxygen atoms in total. The molecule has 1 atom stereocenters. The lowest BCUT2D eigenvalue weighted by atomic mass is 9.78. The molecule has 2 heteroatoms. The van der Waals surface area contributed by atoms with E-state index in [0.29, 0.717) is 0 Å². The van der Waals surface area contributed by atoms with Crippen LogP contribution in [0.1, 0.15) is 25.7 Å². The summed E-state index contributed by atoms with van der Waals surface area (Å²) < 4.78 is 0. The Morgan fingerprint density at radius 2 is 2.27 bits per heavy atom. The highest BCUT2D eigenvalue weighted by Gasteiger charge is 2.28. The van der Waals surface area contributed by atoms with Crippen molar-refractivity contribution in [2.45, 2.75) is 25.7 Å². The van der Waals surface area contributed by atoms with Gasteiger partial charge < -0.3 is 4.90 Å². The van der Waals surface area contributed by atoms with Crippen LogP contribution in [0.5, 0.6) is 0 Å². The van der Waals surface area contributed by atoms with Crippen LogP contribution in [0.4, 0.5) is 0 Å². The number of hydrogen-bond donors (Lipinski definition) is 0. The summed E-state index contributed by atoms with van der Waals surface area (Å²) in [6, 6.07) is 0. The number of nitrogens with zero attached hydrogens (tertiary/aromatic N) is 1. The third kappa shape index (κ3) is 1.09. The summed E-state index contributed by atoms with van der Waals surface area (Å²) >= 11 is 0. The second kappa shape index (κ2) is 2.58. The van der Waals surface area contributed by atoms with Crippen LogP contribution < -0.4 is 0 Å². The molecule has 0 saturated carbocycles. The van der Waals surface area contributed by atoms with Crippen LogP contribution in [-0.4, -0.2) is 26.3 Å². The third-order valence-electron chi connectivity index (χ3n) is 2.94. The molecule has 2 radical (unpaired) electrons. The van der Waals surface area contributed by atoms with Crippen molar-refractivity contribution in [2.75, 3.05) is 13.6 Å². The Labute approximate surface area is 69.9 Å². The summed E-state index contributed by atoms with van der Waals surface area (Å²) in [5, 5.41) is 0. The number of rotatable bonds is 0. The van der Waals surface area contributed by atoms with Crippen molar-refractivity contribution in [2.24, 2.45) is 5.92 Å². The van der Waals surface area contributed by atoms with Gasteiger partial charge in [-0.25, -0.2) is 0 Å². The average Bonchev–Trinajstić information content (AvgIpc) is 2.34. The lowest BCUT2D eigenvalue weighted by Gasteiger charge is -2.25. The highest BCUT2D eigenvalue weighted by atomic mass is 15.1. The fourth-order valence-corrected chi connectivity index (χ4v) is 2.37. The van der Waals surface area contributed by atoms with E-state index in [1.807, 2.05) is 0 Å². The molecular weight excluding hydrogens is 133 g/mol. The van der Waals surface area contributed by atoms with Crippen molar-refractivity contribution in [1.82, 2.24) is 4.90 Å². The van der Waals surface area contributed by atoms with Crippen LogP contribution in [-0.2, 0) is 0 Å². The van der Waals surface area contributed by atoms with Crippen molar-refractivity contribution >= 4 is 7.85 Å². The maximum atomic E-state index is 5.95. The smallest absolute Gasteiger partial charge is 0.110 e. The zero-order valence-corrected chi connectivity index (χ0v) is 7.14. The minimum Gasteiger partial charge on any atom is -0.378 e. The van der Waals surface area contributed by atoms with Gasteiger partial charge in [-0.15, -0.1) is 0 Å². The first kappa shape index (κ1) is 7.26. The number of likely N-dealkylation sites (tertiary alicyclic amines) is 1. The van der Waals surface area contributed by atoms with Crippen LogP contribution >= 0.6 is 0 Å². The van der Waals surface area contributed by atoms with Crippen molar-refractivity contribution in [3.05, 3.63) is 11.2 Å². The van der Waals surface area contributed by atoms with E-state index in [4.69, 9.17) is 7.85 Å². The predicted molar refractivity (Wildman–Crippen MR) is 47.4 cm³/mol. The van der Waals surface area contributed by atoms with Gasteiger partial charge in [0.25, 0.3) is 0 Å². The van der Waals surface area contributed by atoms with Gasteiger partial charge in [0.05, 0.1) is 0 Å². The Morgan fingerprint density at radius 3 is 3.00 bits per heavy atom. The molecule has 1 aliphatic carbocycles. The normalized spacial score (nSPS) is 31.0. The van der Waals surface area contributed by atoms with Gasteiger partial charge in [-0.2, -0.15) is 0 Å². The first-order valence-corrected chi connectivity index (χ1v) is 4.48. The van der Waals surface area contributed by atoms with E-state index in [0.717, 1.165) is 17.8 Å². The van der Waals surface area contributed by atoms with Gasteiger partial charge in [0.2, 0.25) is 0 Å². The van der Waals surface area contributed by atoms with Crippen molar-refractivity contribution in [3.8, 4) is 0 Å². The molecule has 0 aromatic rings. The lowest BCUT2D eigenvalue weighted by Crippen LogP contribution is -2.17. The first-order valence-electron chi connectivity index (χ1n) is 4.48. The molecule has 2 rings (SSSR count). The molecule has 2 aliphatic rings. The average molecular weight is 147 g/mol. The molecule has 0 aromatic carbocycles. The SMILES string of the molecule is [B]C1=C2C(CCC1)CCN2C. The molecule has 1 saturated heterocycles. The van der Waals surface area contributed by atoms with Crippen molar-refractivity contribution in [1.29, 1.82) is 0 Å². The van der Waals surface area contributed by atoms with E-state index in [-0.39, 0.29) is 0 Å². The first-order chi connectivity index (χ1) is 5.29. The topological polar surface area (TPSA) is 3.24 Å². The van der Waals surface area contributed by atoms with Gasteiger partial charge >= 0.3 is 0 Å². The highest BCUT2D eigenvalue weighted by Crippen LogP contribution is 2.37. The van der Waals surface area contributed by atoms with Gasteiger partial charge in [-0.05, 0) is 31.6 Å². The fourth-order valence-electron chi connectivity index (χ4n) is 2.37. The van der Waals surface area contributed by atoms with E-state index in [9.17, 15) is 0 Å². The van der Waals surface area contributed by atoms with Crippen LogP contribution in [0.2, 0.25) is 0 Å². The summed E-state index contributed by atoms with van der Waals surface area (Å²) in [5.41, 5.74) is 2.61. The molecule has 1 unspecified atom stereocenters. The fraction of sp³-hybridized carbons (Fsp3) is 0.778. The van der Waals surface area contributed by atoms with Crippen molar-refractivity contribution in [3.63, 3.8) is 0 Å². The highest BCUT2D eigenvalue weighted by molar-refractivity contribution is 6.22. The molecule has 0 bridgehead atoms. The van der Waals surface area contributed by atoms with Crippen LogP contribution in [0.3, 0.4) is 0 Å². The minimum absolute atomic E-state index is 0.800. The van der Waals surface area contributed by atoms with Gasteiger partial charge in [-0.3, -0.25) is 0 Å². The summed E-state index contributed by atoms with van der Waals surface area (Å²) in [5.74, 6) is 0.800. The predicted octanol–water partition coefficient (Wildman–Crippen LogP) is 1.50. The van der Waals surface area contributed by atoms with Gasteiger partial charge in [0.15, 0.2) is 0 Å². The summed E-state index contributed by atoms with van der Waals surface area (Å²) in [6.45, 7) is 1.21. The maximum absolute atomic E-state index is 5.95. The molecule has 0 amide bonds. The minimum atomic E-state index is 0.800. The quantitative estimate of drug-likeness (QED) is 0.469. The zero-order valence-electron chi connectivity index (χ0n) is 7.14. The van der Waals surface area contributed by atoms with E-state index < -0.39 is 0 Å². The van der Waals surface area contributed by atoms with E-state index in [2.05, 4.69) is 11.9 Å². The van der Waals surface area contributed by atoms with Crippen molar-refractivity contribution < 1.29 is 0 Å². The Bertz CT molecular complexity index is 198. The Balaban J connectivity index is 2.30. The summed E-state index contributed by atoms with van der Waals surface area (Å²) in [7, 11) is 8.11. The van der Waals surface area contributed by atoms with Gasteiger partial charge in [0.1, 0.15) is 7.85 Å². The van der Waals surface area contributed by atoms with E-state index >= 15 is 0 Å². The summed E-state index contributed by atoms with van der Waals surface area (Å²) in [6.07, 6.45) is 5.11. The molecule has 58 valence electrons. The van der Waals surface area contributed by atoms with Gasteiger partial charge in [-0.1, -0.05) is 5.47 Å². The molecular formula is C9H14BN. The monoisotopic (exact) mass is 147 g/mol. The maximum Gasteiger partial charge on any atom is 0.110 e. The number of allylic oxidation sites excluding steroid dienone is 2. The Morgan fingerprint density at radius 1 is 1.45 bits per heavy atom. The second-order valence-electron chi connectivity index (χ2n) is 3.71. The second-order valence-corrected chi connectivity index (χ2v) is 3.71. The molecule has 0 N–H and O–H groups in total. The molecule has 1 fully saturated rings. The molecule has 0 spiro atoms. The van der Waals surface area contributed by atoms with E-state index in [1.165, 1.54) is 31.5 Å². The van der Waals surface area contributed by atoms with Gasteiger partial charge in [0, 0.05) is 19.3 Å². The number of fused-ring (bicyclic) bond motifs is 1. The molecule has 1 heterocycles. The van der Waals surface area contributed by atoms with Crippen LogP contribution in [0.25, 0.3) is 0 Å². The largest absolute Gasteiger partial charge is 0.378 e. The lowest BCUT2D eigenvalue weighted by molar-refractivity contribution is 0.450. The molecule has 1 aliphatic heterocycles. The molecule has 0 aromatic heterocycles. The summed E-state index contributed by atoms with van der Waals surface area (Å²) in [4.78, 5) is 2.33.